The molecule has 2 aromatic rings. The second kappa shape index (κ2) is 5.62. The summed E-state index contributed by atoms with van der Waals surface area (Å²) in [6.07, 6.45) is 0.813. The van der Waals surface area contributed by atoms with Crippen molar-refractivity contribution in [2.75, 3.05) is 0 Å². The zero-order valence-corrected chi connectivity index (χ0v) is 11.0. The van der Waals surface area contributed by atoms with Gasteiger partial charge in [-0.05, 0) is 25.1 Å². The van der Waals surface area contributed by atoms with Crippen LogP contribution in [0.3, 0.4) is 0 Å². The first kappa shape index (κ1) is 13.2. The van der Waals surface area contributed by atoms with Crippen molar-refractivity contribution in [1.29, 1.82) is 0 Å². The molecule has 0 aliphatic rings. The van der Waals surface area contributed by atoms with Gasteiger partial charge in [-0.2, -0.15) is 0 Å². The fourth-order valence-electron chi connectivity index (χ4n) is 1.57. The van der Waals surface area contributed by atoms with Crippen molar-refractivity contribution in [3.63, 3.8) is 0 Å². The number of rotatable bonds is 5. The van der Waals surface area contributed by atoms with Gasteiger partial charge in [0.1, 0.15) is 12.4 Å². The fraction of sp³-hybridized carbons (Fsp3) is 0.154. The van der Waals surface area contributed by atoms with Crippen LogP contribution in [0.5, 0.6) is 5.75 Å². The predicted octanol–water partition coefficient (Wildman–Crippen LogP) is 3.36. The number of ether oxygens (including phenoxy) is 1. The zero-order chi connectivity index (χ0) is 13.8. The highest BCUT2D eigenvalue weighted by Crippen LogP contribution is 2.23. The molecule has 0 fully saturated rings. The van der Waals surface area contributed by atoms with Crippen LogP contribution in [0.1, 0.15) is 20.1 Å². The van der Waals surface area contributed by atoms with Gasteiger partial charge in [0.15, 0.2) is 6.29 Å². The maximum absolute atomic E-state index is 10.7. The molecule has 0 aliphatic heterocycles. The Bertz CT molecular complexity index is 604. The summed E-state index contributed by atoms with van der Waals surface area (Å²) in [5.74, 6) is 0.559. The van der Waals surface area contributed by atoms with Crippen LogP contribution in [0, 0.1) is 17.0 Å². The Morgan fingerprint density at radius 1 is 1.37 bits per heavy atom. The van der Waals surface area contributed by atoms with Crippen molar-refractivity contribution in [2.45, 2.75) is 13.5 Å². The molecule has 0 saturated heterocycles. The van der Waals surface area contributed by atoms with Gasteiger partial charge >= 0.3 is 0 Å². The third-order valence-electron chi connectivity index (χ3n) is 2.60. The van der Waals surface area contributed by atoms with Gasteiger partial charge < -0.3 is 4.74 Å². The first-order chi connectivity index (χ1) is 9.10. The van der Waals surface area contributed by atoms with E-state index in [0.29, 0.717) is 17.2 Å². The lowest BCUT2D eigenvalue weighted by atomic mass is 10.2. The molecular weight excluding hydrogens is 266 g/mol. The number of carbonyl (C=O) groups is 1. The normalized spacial score (nSPS) is 10.2. The number of carbonyl (C=O) groups excluding carboxylic acids is 1. The molecule has 0 atom stereocenters. The molecule has 1 aromatic heterocycles. The number of nitro groups is 1. The summed E-state index contributed by atoms with van der Waals surface area (Å²) in [7, 11) is 0. The van der Waals surface area contributed by atoms with Crippen LogP contribution in [0.2, 0.25) is 0 Å². The molecule has 98 valence electrons. The molecule has 0 bridgehead atoms. The maximum Gasteiger partial charge on any atom is 0.269 e. The summed E-state index contributed by atoms with van der Waals surface area (Å²) in [6, 6.07) is 7.69. The number of nitro benzene ring substituents is 1. The summed E-state index contributed by atoms with van der Waals surface area (Å²) in [5.41, 5.74) is 0.979. The number of thiophene rings is 1. The van der Waals surface area contributed by atoms with Crippen molar-refractivity contribution in [3.05, 3.63) is 55.8 Å². The quantitative estimate of drug-likeness (QED) is 0.477. The smallest absolute Gasteiger partial charge is 0.269 e. The van der Waals surface area contributed by atoms with Crippen LogP contribution >= 0.6 is 11.3 Å². The first-order valence-corrected chi connectivity index (χ1v) is 6.33. The van der Waals surface area contributed by atoms with Gasteiger partial charge in [-0.25, -0.2) is 0 Å². The van der Waals surface area contributed by atoms with E-state index in [4.69, 9.17) is 4.74 Å². The number of hydrogen-bond acceptors (Lipinski definition) is 5. The highest BCUT2D eigenvalue weighted by Gasteiger charge is 2.07. The molecule has 0 aliphatic carbocycles. The third kappa shape index (κ3) is 3.17. The van der Waals surface area contributed by atoms with Gasteiger partial charge in [0, 0.05) is 22.6 Å². The molecule has 0 saturated carbocycles. The number of nitrogens with zero attached hydrogens (tertiary/aromatic N) is 1. The van der Waals surface area contributed by atoms with Gasteiger partial charge in [-0.3, -0.25) is 14.9 Å². The molecule has 19 heavy (non-hydrogen) atoms. The highest BCUT2D eigenvalue weighted by atomic mass is 32.1. The minimum Gasteiger partial charge on any atom is -0.489 e. The SMILES string of the molecule is Cc1sc(C=O)cc1COc1ccc([N+](=O)[O-])cc1. The standard InChI is InChI=1S/C13H11NO4S/c1-9-10(6-13(7-15)19-9)8-18-12-4-2-11(3-5-12)14(16)17/h2-7H,8H2,1H3. The Hall–Kier alpha value is -2.21. The molecule has 0 radical (unpaired) electrons. The zero-order valence-electron chi connectivity index (χ0n) is 10.2. The van der Waals surface area contributed by atoms with Crippen molar-refractivity contribution in [2.24, 2.45) is 0 Å². The molecule has 0 amide bonds. The topological polar surface area (TPSA) is 69.4 Å². The number of hydrogen-bond donors (Lipinski definition) is 0. The largest absolute Gasteiger partial charge is 0.489 e. The van der Waals surface area contributed by atoms with Gasteiger partial charge in [-0.15, -0.1) is 11.3 Å². The Morgan fingerprint density at radius 3 is 2.58 bits per heavy atom. The minimum absolute atomic E-state index is 0.0299. The Kier molecular flexibility index (Phi) is 3.91. The Balaban J connectivity index is 2.03. The van der Waals surface area contributed by atoms with E-state index < -0.39 is 4.92 Å². The highest BCUT2D eigenvalue weighted by molar-refractivity contribution is 7.13. The van der Waals surface area contributed by atoms with E-state index in [1.54, 1.807) is 18.2 Å². The number of aldehydes is 1. The number of benzene rings is 1. The maximum atomic E-state index is 10.7. The van der Waals surface area contributed by atoms with E-state index >= 15 is 0 Å². The molecule has 6 heteroatoms. The molecule has 1 heterocycles. The summed E-state index contributed by atoms with van der Waals surface area (Å²) in [4.78, 5) is 22.4. The van der Waals surface area contributed by atoms with E-state index in [0.717, 1.165) is 16.7 Å². The Morgan fingerprint density at radius 2 is 2.05 bits per heavy atom. The van der Waals surface area contributed by atoms with Crippen LogP contribution in [0.15, 0.2) is 30.3 Å². The summed E-state index contributed by atoms with van der Waals surface area (Å²) in [6.45, 7) is 2.26. The summed E-state index contributed by atoms with van der Waals surface area (Å²) < 4.78 is 5.53. The first-order valence-electron chi connectivity index (χ1n) is 5.52. The molecule has 2 rings (SSSR count). The van der Waals surface area contributed by atoms with E-state index in [1.165, 1.54) is 23.5 Å². The van der Waals surface area contributed by atoms with Crippen LogP contribution in [0.4, 0.5) is 5.69 Å². The van der Waals surface area contributed by atoms with E-state index in [1.807, 2.05) is 6.92 Å². The summed E-state index contributed by atoms with van der Waals surface area (Å²) >= 11 is 1.42. The predicted molar refractivity (Wildman–Crippen MR) is 71.9 cm³/mol. The van der Waals surface area contributed by atoms with Crippen LogP contribution in [-0.2, 0) is 6.61 Å². The van der Waals surface area contributed by atoms with E-state index in [2.05, 4.69) is 0 Å². The number of non-ortho nitro benzene ring substituents is 1. The summed E-state index contributed by atoms with van der Waals surface area (Å²) in [5, 5.41) is 10.5. The van der Waals surface area contributed by atoms with E-state index in [9.17, 15) is 14.9 Å². The third-order valence-corrected chi connectivity index (χ3v) is 3.62. The van der Waals surface area contributed by atoms with Gasteiger partial charge in [-0.1, -0.05) is 0 Å². The lowest BCUT2D eigenvalue weighted by Gasteiger charge is -2.05. The van der Waals surface area contributed by atoms with Crippen molar-refractivity contribution >= 4 is 23.3 Å². The lowest BCUT2D eigenvalue weighted by molar-refractivity contribution is -0.384. The second-order valence-electron chi connectivity index (χ2n) is 3.89. The lowest BCUT2D eigenvalue weighted by Crippen LogP contribution is -1.95. The van der Waals surface area contributed by atoms with Gasteiger partial charge in [0.05, 0.1) is 9.80 Å². The number of aryl methyl sites for hydroxylation is 1. The molecule has 0 N–H and O–H groups in total. The average Bonchev–Trinajstić information content (AvgIpc) is 2.77. The second-order valence-corrected chi connectivity index (χ2v) is 5.18. The van der Waals surface area contributed by atoms with Gasteiger partial charge in [0.2, 0.25) is 0 Å². The van der Waals surface area contributed by atoms with Crippen LogP contribution in [-0.4, -0.2) is 11.2 Å². The van der Waals surface area contributed by atoms with Crippen molar-refractivity contribution in [3.8, 4) is 5.75 Å². The molecular formula is C13H11NO4S. The average molecular weight is 277 g/mol. The Labute approximate surface area is 113 Å². The molecule has 0 spiro atoms. The fourth-order valence-corrected chi connectivity index (χ4v) is 2.42. The molecule has 1 aromatic carbocycles. The van der Waals surface area contributed by atoms with E-state index in [-0.39, 0.29) is 5.69 Å². The molecule has 5 nitrogen and oxygen atoms in total. The van der Waals surface area contributed by atoms with Crippen LogP contribution in [0.25, 0.3) is 0 Å². The monoisotopic (exact) mass is 277 g/mol. The minimum atomic E-state index is -0.455. The van der Waals surface area contributed by atoms with Crippen molar-refractivity contribution < 1.29 is 14.5 Å². The van der Waals surface area contributed by atoms with Crippen molar-refractivity contribution in [1.82, 2.24) is 0 Å². The van der Waals surface area contributed by atoms with Gasteiger partial charge in [0.25, 0.3) is 5.69 Å². The van der Waals surface area contributed by atoms with Crippen LogP contribution < -0.4 is 4.74 Å². The molecule has 0 unspecified atom stereocenters.